The van der Waals surface area contributed by atoms with Gasteiger partial charge in [-0.1, -0.05) is 6.07 Å². The average molecular weight is 558 g/mol. The Morgan fingerprint density at radius 2 is 1.93 bits per heavy atom. The van der Waals surface area contributed by atoms with E-state index in [-0.39, 0.29) is 42.3 Å². The van der Waals surface area contributed by atoms with Crippen LogP contribution >= 0.6 is 24.0 Å². The van der Waals surface area contributed by atoms with Crippen LogP contribution in [0, 0.1) is 11.6 Å². The average Bonchev–Trinajstić information content (AvgIpc) is 3.13. The minimum atomic E-state index is -3.29. The monoisotopic (exact) mass is 558 g/mol. The molecule has 0 amide bonds. The van der Waals surface area contributed by atoms with E-state index in [9.17, 15) is 17.2 Å². The van der Waals surface area contributed by atoms with Gasteiger partial charge in [-0.2, -0.15) is 0 Å². The van der Waals surface area contributed by atoms with E-state index in [0.717, 1.165) is 0 Å². The summed E-state index contributed by atoms with van der Waals surface area (Å²) in [5.41, 5.74) is -0.0158. The van der Waals surface area contributed by atoms with E-state index in [2.05, 4.69) is 15.6 Å². The van der Waals surface area contributed by atoms with Gasteiger partial charge in [0.15, 0.2) is 15.8 Å². The van der Waals surface area contributed by atoms with Crippen molar-refractivity contribution >= 4 is 45.5 Å². The summed E-state index contributed by atoms with van der Waals surface area (Å²) >= 11 is 0. The topological polar surface area (TPSA) is 83.0 Å². The van der Waals surface area contributed by atoms with Crippen LogP contribution < -0.4 is 15.5 Å². The van der Waals surface area contributed by atoms with Crippen molar-refractivity contribution in [2.24, 2.45) is 4.99 Å². The number of aliphatic imine (C=N–C) groups is 1. The third-order valence-corrected chi connectivity index (χ3v) is 7.90. The summed E-state index contributed by atoms with van der Waals surface area (Å²) < 4.78 is 57.3. The fourth-order valence-corrected chi connectivity index (χ4v) is 5.17. The lowest BCUT2D eigenvalue weighted by atomic mass is 9.99. The maximum atomic E-state index is 14.0. The van der Waals surface area contributed by atoms with Crippen LogP contribution in [-0.4, -0.2) is 71.3 Å². The van der Waals surface area contributed by atoms with E-state index < -0.39 is 26.2 Å². The van der Waals surface area contributed by atoms with E-state index in [1.165, 1.54) is 24.5 Å². The number of nitrogens with zero attached hydrogens (tertiary/aromatic N) is 2. The van der Waals surface area contributed by atoms with Crippen molar-refractivity contribution in [1.29, 1.82) is 0 Å². The number of benzene rings is 1. The third kappa shape index (κ3) is 5.52. The minimum Gasteiger partial charge on any atom is -0.381 e. The Morgan fingerprint density at radius 1 is 1.30 bits per heavy atom. The summed E-state index contributed by atoms with van der Waals surface area (Å²) in [5, 5.41) is 6.37. The molecule has 3 rings (SSSR count). The lowest BCUT2D eigenvalue weighted by Gasteiger charge is -2.36. The van der Waals surface area contributed by atoms with Crippen LogP contribution in [0.15, 0.2) is 23.2 Å². The second-order valence-electron chi connectivity index (χ2n) is 7.64. The predicted molar refractivity (Wildman–Crippen MR) is 125 cm³/mol. The molecule has 170 valence electrons. The van der Waals surface area contributed by atoms with Gasteiger partial charge in [0.25, 0.3) is 0 Å². The molecular formula is C19H29F2IN4O3S. The van der Waals surface area contributed by atoms with Crippen molar-refractivity contribution in [2.75, 3.05) is 51.1 Å². The van der Waals surface area contributed by atoms with Gasteiger partial charge in [0.2, 0.25) is 0 Å². The van der Waals surface area contributed by atoms with Crippen LogP contribution in [-0.2, 0) is 14.6 Å². The van der Waals surface area contributed by atoms with Crippen LogP contribution in [0.4, 0.5) is 14.5 Å². The minimum absolute atomic E-state index is 0. The first-order valence-electron chi connectivity index (χ1n) is 9.69. The van der Waals surface area contributed by atoms with Crippen molar-refractivity contribution in [2.45, 2.75) is 30.1 Å². The highest BCUT2D eigenvalue weighted by Gasteiger charge is 2.42. The molecule has 1 aromatic carbocycles. The second-order valence-corrected chi connectivity index (χ2v) is 10.0. The zero-order valence-electron chi connectivity index (χ0n) is 17.2. The molecule has 0 radical (unpaired) electrons. The van der Waals surface area contributed by atoms with Gasteiger partial charge in [0.1, 0.15) is 17.3 Å². The van der Waals surface area contributed by atoms with Crippen LogP contribution in [0.25, 0.3) is 0 Å². The van der Waals surface area contributed by atoms with Gasteiger partial charge in [-0.3, -0.25) is 4.99 Å². The van der Waals surface area contributed by atoms with Crippen LogP contribution in [0.1, 0.15) is 19.3 Å². The van der Waals surface area contributed by atoms with E-state index in [1.807, 2.05) is 0 Å². The summed E-state index contributed by atoms with van der Waals surface area (Å²) in [5.74, 6) is -0.689. The molecule has 2 heterocycles. The smallest absolute Gasteiger partial charge is 0.191 e. The Bertz CT molecular complexity index is 843. The van der Waals surface area contributed by atoms with E-state index in [4.69, 9.17) is 4.74 Å². The SMILES string of the molecule is CN=C(NCC1(S(C)(=O)=O)CCOCC1)NC1CCN(c2c(F)cccc2F)C1.I. The molecular weight excluding hydrogens is 529 g/mol. The molecule has 2 fully saturated rings. The molecule has 0 bridgehead atoms. The van der Waals surface area contributed by atoms with Crippen LogP contribution in [0.2, 0.25) is 0 Å². The van der Waals surface area contributed by atoms with Crippen LogP contribution in [0.5, 0.6) is 0 Å². The standard InChI is InChI=1S/C19H28F2N4O3S.HI/c1-22-18(23-13-19(29(2,26)27)7-10-28-11-8-19)24-14-6-9-25(12-14)17-15(20)4-3-5-16(17)21;/h3-5,14H,6-13H2,1-2H3,(H2,22,23,24);1H. The lowest BCUT2D eigenvalue weighted by Crippen LogP contribution is -2.55. The number of halogens is 3. The first-order chi connectivity index (χ1) is 13.8. The maximum absolute atomic E-state index is 14.0. The van der Waals surface area contributed by atoms with Crippen molar-refractivity contribution in [3.63, 3.8) is 0 Å². The zero-order chi connectivity index (χ0) is 21.1. The summed E-state index contributed by atoms with van der Waals surface area (Å²) in [6, 6.07) is 3.78. The number of anilines is 1. The molecule has 1 unspecified atom stereocenters. The van der Waals surface area contributed by atoms with Gasteiger partial charge in [0, 0.05) is 52.2 Å². The highest BCUT2D eigenvalue weighted by atomic mass is 127. The van der Waals surface area contributed by atoms with Gasteiger partial charge in [0.05, 0.1) is 4.75 Å². The van der Waals surface area contributed by atoms with Gasteiger partial charge in [-0.05, 0) is 31.4 Å². The molecule has 1 aromatic rings. The third-order valence-electron chi connectivity index (χ3n) is 5.78. The predicted octanol–water partition coefficient (Wildman–Crippen LogP) is 1.92. The Labute approximate surface area is 193 Å². The molecule has 1 atom stereocenters. The van der Waals surface area contributed by atoms with Crippen LogP contribution in [0.3, 0.4) is 0 Å². The highest BCUT2D eigenvalue weighted by molar-refractivity contribution is 14.0. The van der Waals surface area contributed by atoms with E-state index in [1.54, 1.807) is 11.9 Å². The van der Waals surface area contributed by atoms with Gasteiger partial charge >= 0.3 is 0 Å². The Hall–Kier alpha value is -1.21. The Kier molecular flexibility index (Phi) is 8.69. The molecule has 2 aliphatic heterocycles. The second kappa shape index (κ2) is 10.4. The fraction of sp³-hybridized carbons (Fsp3) is 0.632. The Balaban J connectivity index is 0.00000320. The van der Waals surface area contributed by atoms with Crippen molar-refractivity contribution in [3.05, 3.63) is 29.8 Å². The molecule has 7 nitrogen and oxygen atoms in total. The first-order valence-corrected chi connectivity index (χ1v) is 11.6. The first kappa shape index (κ1) is 25.1. The molecule has 0 aromatic heterocycles. The van der Waals surface area contributed by atoms with Gasteiger partial charge in [-0.15, -0.1) is 24.0 Å². The van der Waals surface area contributed by atoms with Gasteiger partial charge < -0.3 is 20.3 Å². The van der Waals surface area contributed by atoms with Crippen molar-refractivity contribution in [1.82, 2.24) is 10.6 Å². The molecule has 11 heteroatoms. The summed E-state index contributed by atoms with van der Waals surface area (Å²) in [7, 11) is -1.68. The molecule has 30 heavy (non-hydrogen) atoms. The normalized spacial score (nSPS) is 21.8. The molecule has 0 saturated carbocycles. The van der Waals surface area contributed by atoms with Gasteiger partial charge in [-0.25, -0.2) is 17.2 Å². The van der Waals surface area contributed by atoms with E-state index >= 15 is 0 Å². The molecule has 2 saturated heterocycles. The molecule has 2 aliphatic rings. The number of hydrogen-bond donors (Lipinski definition) is 2. The number of sulfone groups is 1. The number of ether oxygens (including phenoxy) is 1. The number of hydrogen-bond acceptors (Lipinski definition) is 5. The zero-order valence-corrected chi connectivity index (χ0v) is 20.3. The molecule has 2 N–H and O–H groups in total. The maximum Gasteiger partial charge on any atom is 0.191 e. The molecule has 0 spiro atoms. The lowest BCUT2D eigenvalue weighted by molar-refractivity contribution is 0.0756. The number of rotatable bonds is 5. The summed E-state index contributed by atoms with van der Waals surface area (Å²) in [4.78, 5) is 5.86. The fourth-order valence-electron chi connectivity index (χ4n) is 3.93. The number of para-hydroxylation sites is 1. The number of nitrogens with one attached hydrogen (secondary N) is 2. The van der Waals surface area contributed by atoms with E-state index in [0.29, 0.717) is 51.5 Å². The molecule has 0 aliphatic carbocycles. The summed E-state index contributed by atoms with van der Waals surface area (Å²) in [6.07, 6.45) is 2.80. The number of guanidine groups is 1. The van der Waals surface area contributed by atoms with Crippen molar-refractivity contribution < 1.29 is 21.9 Å². The highest BCUT2D eigenvalue weighted by Crippen LogP contribution is 2.29. The summed E-state index contributed by atoms with van der Waals surface area (Å²) in [6.45, 7) is 1.98. The Morgan fingerprint density at radius 3 is 2.50 bits per heavy atom. The largest absolute Gasteiger partial charge is 0.381 e. The van der Waals surface area contributed by atoms with Crippen molar-refractivity contribution in [3.8, 4) is 0 Å². The quantitative estimate of drug-likeness (QED) is 0.327.